The molecule has 18 heavy (non-hydrogen) atoms. The Morgan fingerprint density at radius 3 is 2.61 bits per heavy atom. The minimum absolute atomic E-state index is 0.121. The molecular formula is C13H23FN2O2. The lowest BCUT2D eigenvalue weighted by atomic mass is 9.80. The minimum atomic E-state index is -0.446. The van der Waals surface area contributed by atoms with E-state index >= 15 is 0 Å². The molecule has 2 saturated heterocycles. The highest BCUT2D eigenvalue weighted by Crippen LogP contribution is 2.32. The van der Waals surface area contributed by atoms with Gasteiger partial charge in [-0.05, 0) is 39.2 Å². The number of nitrogens with one attached hydrogen (secondary N) is 1. The standard InChI is InChI=1S/C13H23FN2O2/c1-13(2,3)18-12(17)16-7-10(8-16)11-6-15-5-9(11)4-14/h9-11,15H,4-8H2,1-3H3. The van der Waals surface area contributed by atoms with Gasteiger partial charge in [-0.2, -0.15) is 0 Å². The van der Waals surface area contributed by atoms with Crippen molar-refractivity contribution in [2.75, 3.05) is 32.9 Å². The van der Waals surface area contributed by atoms with Crippen molar-refractivity contribution in [2.24, 2.45) is 17.8 Å². The van der Waals surface area contributed by atoms with Crippen LogP contribution in [-0.4, -0.2) is 49.4 Å². The number of halogens is 1. The van der Waals surface area contributed by atoms with Gasteiger partial charge in [0.1, 0.15) is 5.60 Å². The van der Waals surface area contributed by atoms with Gasteiger partial charge in [0.25, 0.3) is 0 Å². The Labute approximate surface area is 108 Å². The molecule has 0 aromatic carbocycles. The Morgan fingerprint density at radius 1 is 1.39 bits per heavy atom. The summed E-state index contributed by atoms with van der Waals surface area (Å²) in [6.45, 7) is 8.38. The first-order valence-electron chi connectivity index (χ1n) is 6.65. The summed E-state index contributed by atoms with van der Waals surface area (Å²) in [5, 5.41) is 3.23. The third-order valence-electron chi connectivity index (χ3n) is 3.76. The van der Waals surface area contributed by atoms with Gasteiger partial charge in [0.05, 0.1) is 6.67 Å². The van der Waals surface area contributed by atoms with Crippen molar-refractivity contribution < 1.29 is 13.9 Å². The second-order valence-corrected chi connectivity index (χ2v) is 6.38. The van der Waals surface area contributed by atoms with Crippen LogP contribution in [0.1, 0.15) is 20.8 Å². The SMILES string of the molecule is CC(C)(C)OC(=O)N1CC(C2CNCC2CF)C1. The van der Waals surface area contributed by atoms with E-state index in [1.54, 1.807) is 4.90 Å². The number of carbonyl (C=O) groups excluding carboxylic acids is 1. The van der Waals surface area contributed by atoms with E-state index in [0.717, 1.165) is 13.1 Å². The largest absolute Gasteiger partial charge is 0.444 e. The Hall–Kier alpha value is -0.840. The minimum Gasteiger partial charge on any atom is -0.444 e. The van der Waals surface area contributed by atoms with Gasteiger partial charge in [-0.3, -0.25) is 4.39 Å². The zero-order chi connectivity index (χ0) is 13.3. The van der Waals surface area contributed by atoms with E-state index in [0.29, 0.717) is 24.9 Å². The Kier molecular flexibility index (Phi) is 3.80. The third kappa shape index (κ3) is 2.94. The van der Waals surface area contributed by atoms with Crippen molar-refractivity contribution in [3.8, 4) is 0 Å². The summed E-state index contributed by atoms with van der Waals surface area (Å²) in [5.41, 5.74) is -0.446. The molecule has 0 spiro atoms. The highest BCUT2D eigenvalue weighted by atomic mass is 19.1. The number of nitrogens with zero attached hydrogens (tertiary/aromatic N) is 1. The van der Waals surface area contributed by atoms with Crippen LogP contribution in [0.5, 0.6) is 0 Å². The molecule has 0 radical (unpaired) electrons. The molecule has 5 heteroatoms. The molecule has 2 rings (SSSR count). The fourth-order valence-corrected chi connectivity index (χ4v) is 2.73. The molecule has 0 aliphatic carbocycles. The number of likely N-dealkylation sites (tertiary alicyclic amines) is 1. The molecule has 2 aliphatic heterocycles. The maximum absolute atomic E-state index is 12.8. The van der Waals surface area contributed by atoms with Crippen LogP contribution < -0.4 is 5.32 Å². The second kappa shape index (κ2) is 5.03. The quantitative estimate of drug-likeness (QED) is 0.819. The smallest absolute Gasteiger partial charge is 0.410 e. The molecule has 0 saturated carbocycles. The highest BCUT2D eigenvalue weighted by molar-refractivity contribution is 5.69. The van der Waals surface area contributed by atoms with E-state index in [-0.39, 0.29) is 18.7 Å². The molecule has 0 aromatic heterocycles. The van der Waals surface area contributed by atoms with Gasteiger partial charge >= 0.3 is 6.09 Å². The molecular weight excluding hydrogens is 235 g/mol. The van der Waals surface area contributed by atoms with Crippen LogP contribution in [0.2, 0.25) is 0 Å². The first-order chi connectivity index (χ1) is 8.40. The predicted molar refractivity (Wildman–Crippen MR) is 67.1 cm³/mol. The normalized spacial score (nSPS) is 29.2. The number of hydrogen-bond donors (Lipinski definition) is 1. The summed E-state index contributed by atoms with van der Waals surface area (Å²) in [5.74, 6) is 0.915. The van der Waals surface area contributed by atoms with Gasteiger partial charge < -0.3 is 15.0 Å². The van der Waals surface area contributed by atoms with Crippen LogP contribution in [0.4, 0.5) is 9.18 Å². The first-order valence-corrected chi connectivity index (χ1v) is 6.65. The summed E-state index contributed by atoms with van der Waals surface area (Å²) in [4.78, 5) is 13.5. The molecule has 1 N–H and O–H groups in total. The van der Waals surface area contributed by atoms with Gasteiger partial charge in [0.2, 0.25) is 0 Å². The van der Waals surface area contributed by atoms with Gasteiger partial charge in [0, 0.05) is 25.6 Å². The summed E-state index contributed by atoms with van der Waals surface area (Å²) in [7, 11) is 0. The Bertz CT molecular complexity index is 311. The first kappa shape index (κ1) is 13.6. The van der Waals surface area contributed by atoms with Crippen molar-refractivity contribution in [3.63, 3.8) is 0 Å². The molecule has 0 bridgehead atoms. The summed E-state index contributed by atoms with van der Waals surface area (Å²) >= 11 is 0. The number of carbonyl (C=O) groups is 1. The topological polar surface area (TPSA) is 41.6 Å². The van der Waals surface area contributed by atoms with E-state index < -0.39 is 5.60 Å². The van der Waals surface area contributed by atoms with E-state index in [4.69, 9.17) is 4.74 Å². The lowest BCUT2D eigenvalue weighted by Crippen LogP contribution is -2.55. The molecule has 104 valence electrons. The van der Waals surface area contributed by atoms with Crippen molar-refractivity contribution in [2.45, 2.75) is 26.4 Å². The number of ether oxygens (including phenoxy) is 1. The van der Waals surface area contributed by atoms with Crippen LogP contribution in [0.15, 0.2) is 0 Å². The average molecular weight is 258 g/mol. The summed E-state index contributed by atoms with van der Waals surface area (Å²) in [6, 6.07) is 0. The van der Waals surface area contributed by atoms with E-state index in [9.17, 15) is 9.18 Å². The molecule has 2 atom stereocenters. The van der Waals surface area contributed by atoms with Crippen molar-refractivity contribution in [3.05, 3.63) is 0 Å². The second-order valence-electron chi connectivity index (χ2n) is 6.38. The summed E-state index contributed by atoms with van der Waals surface area (Å²) in [6.07, 6.45) is -0.249. The predicted octanol–water partition coefficient (Wildman–Crippen LogP) is 1.66. The Morgan fingerprint density at radius 2 is 2.06 bits per heavy atom. The highest BCUT2D eigenvalue weighted by Gasteiger charge is 2.42. The number of hydrogen-bond acceptors (Lipinski definition) is 3. The van der Waals surface area contributed by atoms with Gasteiger partial charge in [0.15, 0.2) is 0 Å². The van der Waals surface area contributed by atoms with E-state index in [1.807, 2.05) is 20.8 Å². The maximum Gasteiger partial charge on any atom is 0.410 e. The fraction of sp³-hybridized carbons (Fsp3) is 0.923. The zero-order valence-corrected chi connectivity index (χ0v) is 11.4. The van der Waals surface area contributed by atoms with Crippen LogP contribution in [-0.2, 0) is 4.74 Å². The Balaban J connectivity index is 1.78. The molecule has 2 aliphatic rings. The van der Waals surface area contributed by atoms with E-state index in [2.05, 4.69) is 5.32 Å². The van der Waals surface area contributed by atoms with Crippen LogP contribution >= 0.6 is 0 Å². The lowest BCUT2D eigenvalue weighted by molar-refractivity contribution is -0.0139. The van der Waals surface area contributed by atoms with Crippen molar-refractivity contribution >= 4 is 6.09 Å². The number of rotatable bonds is 2. The molecule has 1 amide bonds. The molecule has 2 fully saturated rings. The fourth-order valence-electron chi connectivity index (χ4n) is 2.73. The van der Waals surface area contributed by atoms with Crippen LogP contribution in [0.3, 0.4) is 0 Å². The van der Waals surface area contributed by atoms with Crippen molar-refractivity contribution in [1.82, 2.24) is 10.2 Å². The number of amides is 1. The van der Waals surface area contributed by atoms with Crippen LogP contribution in [0.25, 0.3) is 0 Å². The van der Waals surface area contributed by atoms with Gasteiger partial charge in [-0.1, -0.05) is 0 Å². The van der Waals surface area contributed by atoms with Crippen molar-refractivity contribution in [1.29, 1.82) is 0 Å². The maximum atomic E-state index is 12.8. The third-order valence-corrected chi connectivity index (χ3v) is 3.76. The summed E-state index contributed by atoms with van der Waals surface area (Å²) < 4.78 is 18.1. The zero-order valence-electron chi connectivity index (χ0n) is 11.4. The molecule has 2 heterocycles. The molecule has 0 aromatic rings. The van der Waals surface area contributed by atoms with Gasteiger partial charge in [-0.25, -0.2) is 4.79 Å². The monoisotopic (exact) mass is 258 g/mol. The lowest BCUT2D eigenvalue weighted by Gasteiger charge is -2.43. The van der Waals surface area contributed by atoms with Crippen LogP contribution in [0, 0.1) is 17.8 Å². The molecule has 4 nitrogen and oxygen atoms in total. The average Bonchev–Trinajstić information content (AvgIpc) is 2.60. The molecule has 2 unspecified atom stereocenters. The van der Waals surface area contributed by atoms with Gasteiger partial charge in [-0.15, -0.1) is 0 Å². The number of alkyl halides is 1. The van der Waals surface area contributed by atoms with E-state index in [1.165, 1.54) is 0 Å².